The quantitative estimate of drug-likeness (QED) is 0.844. The highest BCUT2D eigenvalue weighted by Gasteiger charge is 2.20. The monoisotopic (exact) mass is 234 g/mol. The summed E-state index contributed by atoms with van der Waals surface area (Å²) < 4.78 is 0. The molecule has 1 unspecified atom stereocenters. The minimum absolute atomic E-state index is 0.279. The molecule has 3 N–H and O–H groups in total. The van der Waals surface area contributed by atoms with E-state index in [9.17, 15) is 5.11 Å². The highest BCUT2D eigenvalue weighted by molar-refractivity contribution is 5.38. The van der Waals surface area contributed by atoms with Crippen molar-refractivity contribution in [3.8, 4) is 5.75 Å². The van der Waals surface area contributed by atoms with Gasteiger partial charge < -0.3 is 10.8 Å². The molecule has 1 heterocycles. The van der Waals surface area contributed by atoms with Crippen LogP contribution in [-0.2, 0) is 6.54 Å². The summed E-state index contributed by atoms with van der Waals surface area (Å²) in [5.41, 5.74) is 7.75. The Hall–Kier alpha value is -1.06. The van der Waals surface area contributed by atoms with Crippen molar-refractivity contribution in [2.45, 2.75) is 38.8 Å². The van der Waals surface area contributed by atoms with E-state index in [2.05, 4.69) is 11.8 Å². The molecule has 0 aromatic heterocycles. The predicted octanol–water partition coefficient (Wildman–Crippen LogP) is 2.40. The van der Waals surface area contributed by atoms with E-state index >= 15 is 0 Å². The molecule has 1 aromatic rings. The fourth-order valence-corrected chi connectivity index (χ4v) is 2.57. The van der Waals surface area contributed by atoms with Crippen molar-refractivity contribution in [3.05, 3.63) is 29.3 Å². The summed E-state index contributed by atoms with van der Waals surface area (Å²) in [4.78, 5) is 2.44. The van der Waals surface area contributed by atoms with Crippen LogP contribution < -0.4 is 5.73 Å². The highest BCUT2D eigenvalue weighted by atomic mass is 16.3. The molecule has 0 spiro atoms. The molecule has 0 bridgehead atoms. The van der Waals surface area contributed by atoms with E-state index < -0.39 is 0 Å². The molecule has 0 aliphatic carbocycles. The summed E-state index contributed by atoms with van der Waals surface area (Å²) in [6.07, 6.45) is 3.86. The lowest BCUT2D eigenvalue weighted by Crippen LogP contribution is -2.32. The van der Waals surface area contributed by atoms with Crippen LogP contribution in [0.1, 0.15) is 43.4 Å². The molecule has 2 rings (SSSR count). The largest absolute Gasteiger partial charge is 0.508 e. The second-order valence-electron chi connectivity index (χ2n) is 4.87. The number of hydrogen-bond acceptors (Lipinski definition) is 3. The molecule has 17 heavy (non-hydrogen) atoms. The van der Waals surface area contributed by atoms with Crippen molar-refractivity contribution >= 4 is 0 Å². The van der Waals surface area contributed by atoms with Gasteiger partial charge in [-0.2, -0.15) is 0 Å². The number of nitrogens with two attached hydrogens (primary N) is 1. The van der Waals surface area contributed by atoms with Gasteiger partial charge in [-0.05, 0) is 50.6 Å². The number of piperidine rings is 1. The van der Waals surface area contributed by atoms with E-state index in [1.165, 1.54) is 19.3 Å². The van der Waals surface area contributed by atoms with Crippen LogP contribution in [0.3, 0.4) is 0 Å². The number of rotatable bonds is 3. The van der Waals surface area contributed by atoms with Gasteiger partial charge >= 0.3 is 0 Å². The van der Waals surface area contributed by atoms with Gasteiger partial charge in [-0.1, -0.05) is 12.5 Å². The van der Waals surface area contributed by atoms with Crippen LogP contribution in [0.5, 0.6) is 5.75 Å². The Morgan fingerprint density at radius 2 is 2.00 bits per heavy atom. The Balaban J connectivity index is 2.19. The van der Waals surface area contributed by atoms with Crippen LogP contribution in [0.4, 0.5) is 0 Å². The van der Waals surface area contributed by atoms with E-state index in [4.69, 9.17) is 5.73 Å². The molecule has 0 radical (unpaired) electrons. The number of likely N-dealkylation sites (tertiary alicyclic amines) is 1. The Bertz CT molecular complexity index is 372. The third-order valence-electron chi connectivity index (χ3n) is 3.72. The van der Waals surface area contributed by atoms with Crippen LogP contribution in [0.2, 0.25) is 0 Å². The topological polar surface area (TPSA) is 49.5 Å². The first-order valence-corrected chi connectivity index (χ1v) is 6.48. The predicted molar refractivity (Wildman–Crippen MR) is 69.8 cm³/mol. The van der Waals surface area contributed by atoms with Crippen molar-refractivity contribution in [1.29, 1.82) is 0 Å². The first kappa shape index (κ1) is 12.4. The van der Waals surface area contributed by atoms with Gasteiger partial charge in [0.1, 0.15) is 5.75 Å². The van der Waals surface area contributed by atoms with Gasteiger partial charge in [0.05, 0.1) is 0 Å². The summed E-state index contributed by atoms with van der Waals surface area (Å²) in [7, 11) is 0. The lowest BCUT2D eigenvalue weighted by molar-refractivity contribution is 0.172. The lowest BCUT2D eigenvalue weighted by atomic mass is 10.00. The van der Waals surface area contributed by atoms with Crippen molar-refractivity contribution in [2.75, 3.05) is 13.1 Å². The highest BCUT2D eigenvalue weighted by Crippen LogP contribution is 2.30. The molecule has 3 heteroatoms. The van der Waals surface area contributed by atoms with Gasteiger partial charge in [0.15, 0.2) is 0 Å². The fraction of sp³-hybridized carbons (Fsp3) is 0.571. The Labute approximate surface area is 103 Å². The van der Waals surface area contributed by atoms with Crippen LogP contribution in [-0.4, -0.2) is 23.1 Å². The number of phenols is 1. The standard InChI is InChI=1S/C14H22N2O/c1-11(16-7-3-2-4-8-16)13-9-12(10-15)5-6-14(13)17/h5-6,9,11,17H,2-4,7-8,10,15H2,1H3. The molecule has 94 valence electrons. The van der Waals surface area contributed by atoms with Gasteiger partial charge in [-0.3, -0.25) is 4.90 Å². The smallest absolute Gasteiger partial charge is 0.120 e. The summed E-state index contributed by atoms with van der Waals surface area (Å²) in [6.45, 7) is 4.96. The second-order valence-corrected chi connectivity index (χ2v) is 4.87. The minimum atomic E-state index is 0.279. The van der Waals surface area contributed by atoms with Gasteiger partial charge in [-0.15, -0.1) is 0 Å². The number of hydrogen-bond donors (Lipinski definition) is 2. The Morgan fingerprint density at radius 1 is 1.29 bits per heavy atom. The van der Waals surface area contributed by atoms with E-state index in [1.54, 1.807) is 6.07 Å². The van der Waals surface area contributed by atoms with Crippen LogP contribution in [0, 0.1) is 0 Å². The Kier molecular flexibility index (Phi) is 4.02. The average molecular weight is 234 g/mol. The van der Waals surface area contributed by atoms with E-state index in [1.807, 2.05) is 12.1 Å². The van der Waals surface area contributed by atoms with Crippen molar-refractivity contribution in [3.63, 3.8) is 0 Å². The first-order valence-electron chi connectivity index (χ1n) is 6.48. The van der Waals surface area contributed by atoms with Gasteiger partial charge in [0.25, 0.3) is 0 Å². The number of phenolic OH excluding ortho intramolecular Hbond substituents is 1. The molecular weight excluding hydrogens is 212 g/mol. The molecule has 1 aliphatic heterocycles. The third-order valence-corrected chi connectivity index (χ3v) is 3.72. The summed E-state index contributed by atoms with van der Waals surface area (Å²) in [6, 6.07) is 5.97. The molecule has 1 saturated heterocycles. The van der Waals surface area contributed by atoms with Crippen molar-refractivity contribution < 1.29 is 5.11 Å². The van der Waals surface area contributed by atoms with E-state index in [0.717, 1.165) is 24.2 Å². The summed E-state index contributed by atoms with van der Waals surface area (Å²) in [5, 5.41) is 9.96. The number of benzene rings is 1. The SMILES string of the molecule is CC(c1cc(CN)ccc1O)N1CCCCC1. The summed E-state index contributed by atoms with van der Waals surface area (Å²) in [5.74, 6) is 0.389. The zero-order chi connectivity index (χ0) is 12.3. The van der Waals surface area contributed by atoms with Gasteiger partial charge in [0, 0.05) is 18.2 Å². The van der Waals surface area contributed by atoms with Gasteiger partial charge in [0.2, 0.25) is 0 Å². The Morgan fingerprint density at radius 3 is 2.65 bits per heavy atom. The molecule has 3 nitrogen and oxygen atoms in total. The van der Waals surface area contributed by atoms with Crippen LogP contribution in [0.15, 0.2) is 18.2 Å². The second kappa shape index (κ2) is 5.52. The zero-order valence-electron chi connectivity index (χ0n) is 10.5. The fourth-order valence-electron chi connectivity index (χ4n) is 2.57. The third kappa shape index (κ3) is 2.79. The van der Waals surface area contributed by atoms with E-state index in [0.29, 0.717) is 12.3 Å². The van der Waals surface area contributed by atoms with Gasteiger partial charge in [-0.25, -0.2) is 0 Å². The first-order chi connectivity index (χ1) is 8.22. The average Bonchev–Trinajstić information content (AvgIpc) is 2.39. The molecule has 0 saturated carbocycles. The van der Waals surface area contributed by atoms with E-state index in [-0.39, 0.29) is 6.04 Å². The lowest BCUT2D eigenvalue weighted by Gasteiger charge is -2.33. The normalized spacial score (nSPS) is 19.2. The molecule has 1 fully saturated rings. The molecule has 1 aromatic carbocycles. The number of nitrogens with zero attached hydrogens (tertiary/aromatic N) is 1. The van der Waals surface area contributed by atoms with Crippen molar-refractivity contribution in [1.82, 2.24) is 4.90 Å². The summed E-state index contributed by atoms with van der Waals surface area (Å²) >= 11 is 0. The van der Waals surface area contributed by atoms with Crippen LogP contribution in [0.25, 0.3) is 0 Å². The molecular formula is C14H22N2O. The molecule has 1 atom stereocenters. The minimum Gasteiger partial charge on any atom is -0.508 e. The zero-order valence-corrected chi connectivity index (χ0v) is 10.5. The maximum Gasteiger partial charge on any atom is 0.120 e. The van der Waals surface area contributed by atoms with Crippen LogP contribution >= 0.6 is 0 Å². The van der Waals surface area contributed by atoms with Crippen molar-refractivity contribution in [2.24, 2.45) is 5.73 Å². The molecule has 1 aliphatic rings. The molecule has 0 amide bonds. The maximum absolute atomic E-state index is 9.96. The number of aromatic hydroxyl groups is 1. The maximum atomic E-state index is 9.96.